The van der Waals surface area contributed by atoms with E-state index in [2.05, 4.69) is 43.6 Å². The van der Waals surface area contributed by atoms with Gasteiger partial charge in [-0.3, -0.25) is 0 Å². The fourth-order valence-corrected chi connectivity index (χ4v) is 1.80. The molecule has 1 nitrogen and oxygen atoms in total. The van der Waals surface area contributed by atoms with E-state index in [1.807, 2.05) is 12.1 Å². The third-order valence-electron chi connectivity index (χ3n) is 2.30. The topological polar surface area (TPSA) is 3.24 Å². The van der Waals surface area contributed by atoms with Gasteiger partial charge in [0.1, 0.15) is 0 Å². The summed E-state index contributed by atoms with van der Waals surface area (Å²) in [5.74, 6) is 1.57. The highest BCUT2D eigenvalue weighted by Crippen LogP contribution is 2.11. The van der Waals surface area contributed by atoms with Crippen LogP contribution in [0.2, 0.25) is 5.02 Å². The molecule has 0 heterocycles. The second-order valence-electron chi connectivity index (χ2n) is 4.11. The molecular weight excluding hydrogens is 226 g/mol. The first kappa shape index (κ1) is 12.9. The van der Waals surface area contributed by atoms with Gasteiger partial charge in [0.15, 0.2) is 0 Å². The molecule has 1 unspecified atom stereocenters. The quantitative estimate of drug-likeness (QED) is 0.777. The molecule has 0 bridgehead atoms. The first-order valence-electron chi connectivity index (χ1n) is 5.15. The molecule has 0 saturated carbocycles. The molecule has 1 aromatic rings. The van der Waals surface area contributed by atoms with Gasteiger partial charge in [0.25, 0.3) is 0 Å². The highest BCUT2D eigenvalue weighted by atomic mass is 35.5. The van der Waals surface area contributed by atoms with Crippen LogP contribution < -0.4 is 0 Å². The standard InChI is InChI=1S/C12H18ClNS/c1-10(9-15)7-14(2)8-11-3-5-12(13)6-4-11/h3-6,10,15H,7-9H2,1-2H3. The van der Waals surface area contributed by atoms with E-state index in [0.29, 0.717) is 5.92 Å². The van der Waals surface area contributed by atoms with Crippen LogP contribution in [0.1, 0.15) is 12.5 Å². The van der Waals surface area contributed by atoms with Crippen molar-refractivity contribution in [1.82, 2.24) is 4.90 Å². The lowest BCUT2D eigenvalue weighted by atomic mass is 10.1. The number of benzene rings is 1. The lowest BCUT2D eigenvalue weighted by Gasteiger charge is -2.20. The van der Waals surface area contributed by atoms with Gasteiger partial charge in [0.05, 0.1) is 0 Å². The van der Waals surface area contributed by atoms with Crippen molar-refractivity contribution in [3.05, 3.63) is 34.9 Å². The highest BCUT2D eigenvalue weighted by Gasteiger charge is 2.05. The zero-order valence-electron chi connectivity index (χ0n) is 9.28. The van der Waals surface area contributed by atoms with Gasteiger partial charge in [-0.2, -0.15) is 12.6 Å². The predicted molar refractivity (Wildman–Crippen MR) is 70.8 cm³/mol. The second kappa shape index (κ2) is 6.41. The monoisotopic (exact) mass is 243 g/mol. The Morgan fingerprint density at radius 2 is 1.93 bits per heavy atom. The van der Waals surface area contributed by atoms with Crippen molar-refractivity contribution in [1.29, 1.82) is 0 Å². The molecule has 0 aliphatic carbocycles. The molecule has 1 rings (SSSR count). The Hall–Kier alpha value is -0.180. The third kappa shape index (κ3) is 4.92. The van der Waals surface area contributed by atoms with E-state index in [1.165, 1.54) is 5.56 Å². The molecule has 0 spiro atoms. The molecule has 0 amide bonds. The maximum Gasteiger partial charge on any atom is 0.0406 e. The van der Waals surface area contributed by atoms with Gasteiger partial charge in [0.2, 0.25) is 0 Å². The van der Waals surface area contributed by atoms with Crippen molar-refractivity contribution in [3.8, 4) is 0 Å². The van der Waals surface area contributed by atoms with Crippen molar-refractivity contribution >= 4 is 24.2 Å². The van der Waals surface area contributed by atoms with Crippen molar-refractivity contribution in [2.24, 2.45) is 5.92 Å². The van der Waals surface area contributed by atoms with E-state index in [1.54, 1.807) is 0 Å². The van der Waals surface area contributed by atoms with E-state index in [9.17, 15) is 0 Å². The summed E-state index contributed by atoms with van der Waals surface area (Å²) in [7, 11) is 2.13. The normalized spacial score (nSPS) is 13.1. The van der Waals surface area contributed by atoms with Crippen molar-refractivity contribution in [2.75, 3.05) is 19.3 Å². The molecular formula is C12H18ClNS. The van der Waals surface area contributed by atoms with Crippen LogP contribution >= 0.6 is 24.2 Å². The van der Waals surface area contributed by atoms with Gasteiger partial charge < -0.3 is 4.90 Å². The predicted octanol–water partition coefficient (Wildman–Crippen LogP) is 3.34. The van der Waals surface area contributed by atoms with Crippen LogP contribution in [0.3, 0.4) is 0 Å². The number of thiol groups is 1. The van der Waals surface area contributed by atoms with Crippen LogP contribution in [0.15, 0.2) is 24.3 Å². The zero-order chi connectivity index (χ0) is 11.3. The van der Waals surface area contributed by atoms with Crippen LogP contribution in [0.25, 0.3) is 0 Å². The largest absolute Gasteiger partial charge is 0.302 e. The fraction of sp³-hybridized carbons (Fsp3) is 0.500. The summed E-state index contributed by atoms with van der Waals surface area (Å²) < 4.78 is 0. The number of rotatable bonds is 5. The Morgan fingerprint density at radius 3 is 2.47 bits per heavy atom. The second-order valence-corrected chi connectivity index (χ2v) is 4.91. The maximum atomic E-state index is 5.83. The Bertz CT molecular complexity index is 286. The molecule has 0 N–H and O–H groups in total. The smallest absolute Gasteiger partial charge is 0.0406 e. The van der Waals surface area contributed by atoms with Gasteiger partial charge in [0, 0.05) is 18.1 Å². The number of nitrogens with zero attached hydrogens (tertiary/aromatic N) is 1. The molecule has 3 heteroatoms. The maximum absolute atomic E-state index is 5.83. The molecule has 84 valence electrons. The SMILES string of the molecule is CC(CS)CN(C)Cc1ccc(Cl)cc1. The lowest BCUT2D eigenvalue weighted by Crippen LogP contribution is -2.24. The molecule has 0 aliphatic rings. The van der Waals surface area contributed by atoms with Crippen LogP contribution in [0, 0.1) is 5.92 Å². The molecule has 0 aromatic heterocycles. The first-order chi connectivity index (χ1) is 7.11. The molecule has 0 saturated heterocycles. The van der Waals surface area contributed by atoms with Gasteiger partial charge in [-0.05, 0) is 36.4 Å². The summed E-state index contributed by atoms with van der Waals surface area (Å²) >= 11 is 10.1. The van der Waals surface area contributed by atoms with Crippen LogP contribution in [0.5, 0.6) is 0 Å². The molecule has 0 radical (unpaired) electrons. The summed E-state index contributed by atoms with van der Waals surface area (Å²) in [5.41, 5.74) is 1.30. The molecule has 0 aliphatic heterocycles. The van der Waals surface area contributed by atoms with E-state index >= 15 is 0 Å². The van der Waals surface area contributed by atoms with Gasteiger partial charge in [-0.1, -0.05) is 30.7 Å². The molecule has 15 heavy (non-hydrogen) atoms. The van der Waals surface area contributed by atoms with Crippen molar-refractivity contribution in [3.63, 3.8) is 0 Å². The minimum absolute atomic E-state index is 0.630. The Balaban J connectivity index is 2.44. The third-order valence-corrected chi connectivity index (χ3v) is 3.18. The minimum atomic E-state index is 0.630. The summed E-state index contributed by atoms with van der Waals surface area (Å²) in [6.45, 7) is 4.26. The average Bonchev–Trinajstić information content (AvgIpc) is 2.21. The van der Waals surface area contributed by atoms with Crippen molar-refractivity contribution < 1.29 is 0 Å². The summed E-state index contributed by atoms with van der Waals surface area (Å²) in [6.07, 6.45) is 0. The Kier molecular flexibility index (Phi) is 5.51. The van der Waals surface area contributed by atoms with Crippen molar-refractivity contribution in [2.45, 2.75) is 13.5 Å². The zero-order valence-corrected chi connectivity index (χ0v) is 10.9. The van der Waals surface area contributed by atoms with Gasteiger partial charge in [-0.25, -0.2) is 0 Å². The summed E-state index contributed by atoms with van der Waals surface area (Å²) in [5, 5.41) is 0.796. The van der Waals surface area contributed by atoms with Crippen LogP contribution in [-0.2, 0) is 6.54 Å². The van der Waals surface area contributed by atoms with E-state index < -0.39 is 0 Å². The Labute approximate surface area is 103 Å². The number of hydrogen-bond acceptors (Lipinski definition) is 2. The summed E-state index contributed by atoms with van der Waals surface area (Å²) in [6, 6.07) is 8.02. The fourth-order valence-electron chi connectivity index (χ4n) is 1.56. The van der Waals surface area contributed by atoms with Gasteiger partial charge >= 0.3 is 0 Å². The van der Waals surface area contributed by atoms with Crippen LogP contribution in [-0.4, -0.2) is 24.2 Å². The summed E-state index contributed by atoms with van der Waals surface area (Å²) in [4.78, 5) is 2.31. The van der Waals surface area contributed by atoms with Crippen LogP contribution in [0.4, 0.5) is 0 Å². The molecule has 0 fully saturated rings. The average molecular weight is 244 g/mol. The van der Waals surface area contributed by atoms with Gasteiger partial charge in [-0.15, -0.1) is 0 Å². The minimum Gasteiger partial charge on any atom is -0.302 e. The van der Waals surface area contributed by atoms with E-state index in [0.717, 1.165) is 23.9 Å². The van der Waals surface area contributed by atoms with E-state index in [4.69, 9.17) is 11.6 Å². The van der Waals surface area contributed by atoms with E-state index in [-0.39, 0.29) is 0 Å². The molecule has 1 aromatic carbocycles. The first-order valence-corrected chi connectivity index (χ1v) is 6.16. The lowest BCUT2D eigenvalue weighted by molar-refractivity contribution is 0.291. The highest BCUT2D eigenvalue weighted by molar-refractivity contribution is 7.80. The number of halogens is 1. The molecule has 1 atom stereocenters. The Morgan fingerprint density at radius 1 is 1.33 bits per heavy atom. The number of hydrogen-bond donors (Lipinski definition) is 1.